The second-order valence-electron chi connectivity index (χ2n) is 5.02. The zero-order valence-corrected chi connectivity index (χ0v) is 13.2. The summed E-state index contributed by atoms with van der Waals surface area (Å²) in [7, 11) is 0. The summed E-state index contributed by atoms with van der Waals surface area (Å²) in [6.07, 6.45) is 3.24. The number of rotatable bonds is 2. The number of fused-ring (bicyclic) bond motifs is 1. The van der Waals surface area contributed by atoms with Gasteiger partial charge in [0.25, 0.3) is 0 Å². The molecule has 1 nitrogen and oxygen atoms in total. The Kier molecular flexibility index (Phi) is 3.59. The van der Waals surface area contributed by atoms with Gasteiger partial charge in [-0.1, -0.05) is 28.1 Å². The minimum Gasteiger partial charge on any atom is -0.293 e. The third-order valence-corrected chi connectivity index (χ3v) is 5.76. The number of aryl methyl sites for hydroxylation is 1. The highest BCUT2D eigenvalue weighted by molar-refractivity contribution is 9.10. The highest BCUT2D eigenvalue weighted by atomic mass is 79.9. The zero-order valence-electron chi connectivity index (χ0n) is 10.8. The van der Waals surface area contributed by atoms with Crippen LogP contribution in [0.4, 0.5) is 0 Å². The molecule has 2 aromatic rings. The molecule has 1 atom stereocenters. The van der Waals surface area contributed by atoms with Gasteiger partial charge < -0.3 is 0 Å². The molecule has 0 spiro atoms. The Hall–Kier alpha value is -0.930. The zero-order chi connectivity index (χ0) is 13.4. The van der Waals surface area contributed by atoms with E-state index < -0.39 is 0 Å². The number of benzene rings is 1. The third-order valence-electron chi connectivity index (χ3n) is 3.90. The Morgan fingerprint density at radius 2 is 2.21 bits per heavy atom. The van der Waals surface area contributed by atoms with Crippen LogP contribution in [0.25, 0.3) is 0 Å². The first-order chi connectivity index (χ1) is 9.18. The molecule has 1 aliphatic carbocycles. The van der Waals surface area contributed by atoms with Crippen LogP contribution in [0.5, 0.6) is 0 Å². The lowest BCUT2D eigenvalue weighted by Crippen LogP contribution is -2.18. The fourth-order valence-corrected chi connectivity index (χ4v) is 4.17. The topological polar surface area (TPSA) is 17.1 Å². The standard InChI is InChI=1S/C16H15BrOS/c1-10-11(4-2-6-14(10)17)16(18)13-5-3-7-15-12(13)8-9-19-15/h2,4,6,8-9,13H,3,5,7H2,1H3. The minimum atomic E-state index is 0.0583. The van der Waals surface area contributed by atoms with E-state index in [2.05, 4.69) is 27.4 Å². The smallest absolute Gasteiger partial charge is 0.170 e. The Morgan fingerprint density at radius 3 is 3.05 bits per heavy atom. The molecule has 1 aliphatic rings. The summed E-state index contributed by atoms with van der Waals surface area (Å²) in [6, 6.07) is 8.02. The van der Waals surface area contributed by atoms with Crippen molar-refractivity contribution in [2.24, 2.45) is 0 Å². The number of ketones is 1. The molecule has 0 bridgehead atoms. The summed E-state index contributed by atoms with van der Waals surface area (Å²) in [6.45, 7) is 2.01. The van der Waals surface area contributed by atoms with Crippen molar-refractivity contribution >= 4 is 33.0 Å². The van der Waals surface area contributed by atoms with Gasteiger partial charge in [-0.05, 0) is 54.8 Å². The van der Waals surface area contributed by atoms with E-state index in [4.69, 9.17) is 0 Å². The average molecular weight is 335 g/mol. The van der Waals surface area contributed by atoms with E-state index in [1.54, 1.807) is 11.3 Å². The van der Waals surface area contributed by atoms with E-state index >= 15 is 0 Å². The molecule has 0 saturated carbocycles. The number of halogens is 1. The van der Waals surface area contributed by atoms with Crippen LogP contribution in [0.1, 0.15) is 45.1 Å². The molecule has 1 aromatic heterocycles. The molecule has 0 aliphatic heterocycles. The fraction of sp³-hybridized carbons (Fsp3) is 0.312. The second kappa shape index (κ2) is 5.22. The summed E-state index contributed by atoms with van der Waals surface area (Å²) < 4.78 is 1.01. The largest absolute Gasteiger partial charge is 0.293 e. The molecule has 1 heterocycles. The van der Waals surface area contributed by atoms with Gasteiger partial charge in [-0.2, -0.15) is 0 Å². The maximum absolute atomic E-state index is 12.8. The molecule has 0 amide bonds. The van der Waals surface area contributed by atoms with Gasteiger partial charge in [0.2, 0.25) is 0 Å². The van der Waals surface area contributed by atoms with Crippen LogP contribution in [0, 0.1) is 6.92 Å². The maximum atomic E-state index is 12.8. The second-order valence-corrected chi connectivity index (χ2v) is 6.88. The van der Waals surface area contributed by atoms with Crippen molar-refractivity contribution in [3.63, 3.8) is 0 Å². The molecule has 0 saturated heterocycles. The Balaban J connectivity index is 2.00. The van der Waals surface area contributed by atoms with Gasteiger partial charge in [0, 0.05) is 20.8 Å². The highest BCUT2D eigenvalue weighted by Crippen LogP contribution is 2.37. The summed E-state index contributed by atoms with van der Waals surface area (Å²) in [4.78, 5) is 14.2. The van der Waals surface area contributed by atoms with Crippen molar-refractivity contribution in [3.05, 3.63) is 55.7 Å². The molecule has 1 unspecified atom stereocenters. The lowest BCUT2D eigenvalue weighted by Gasteiger charge is -2.22. The predicted octanol–water partition coefficient (Wildman–Crippen LogP) is 5.12. The van der Waals surface area contributed by atoms with Crippen molar-refractivity contribution < 1.29 is 4.79 Å². The van der Waals surface area contributed by atoms with Crippen LogP contribution >= 0.6 is 27.3 Å². The van der Waals surface area contributed by atoms with Crippen molar-refractivity contribution in [2.45, 2.75) is 32.1 Å². The quantitative estimate of drug-likeness (QED) is 0.696. The average Bonchev–Trinajstić information content (AvgIpc) is 2.89. The van der Waals surface area contributed by atoms with Gasteiger partial charge in [-0.25, -0.2) is 0 Å². The first-order valence-corrected chi connectivity index (χ1v) is 8.21. The van der Waals surface area contributed by atoms with Gasteiger partial charge in [0.15, 0.2) is 5.78 Å². The van der Waals surface area contributed by atoms with Gasteiger partial charge >= 0.3 is 0 Å². The number of Topliss-reactive ketones (excluding diaryl/α,β-unsaturated/α-hetero) is 1. The molecular formula is C16H15BrOS. The van der Waals surface area contributed by atoms with Crippen LogP contribution < -0.4 is 0 Å². The molecule has 3 rings (SSSR count). The van der Waals surface area contributed by atoms with Crippen molar-refractivity contribution in [3.8, 4) is 0 Å². The SMILES string of the molecule is Cc1c(Br)cccc1C(=O)C1CCCc2sccc21. The first kappa shape index (κ1) is 13.1. The van der Waals surface area contributed by atoms with Crippen molar-refractivity contribution in [1.82, 2.24) is 0 Å². The summed E-state index contributed by atoms with van der Waals surface area (Å²) in [5.74, 6) is 0.334. The van der Waals surface area contributed by atoms with Crippen LogP contribution in [0.3, 0.4) is 0 Å². The van der Waals surface area contributed by atoms with Gasteiger partial charge in [0.1, 0.15) is 0 Å². The highest BCUT2D eigenvalue weighted by Gasteiger charge is 2.28. The van der Waals surface area contributed by atoms with Crippen LogP contribution in [-0.4, -0.2) is 5.78 Å². The fourth-order valence-electron chi connectivity index (χ4n) is 2.82. The number of hydrogen-bond donors (Lipinski definition) is 0. The molecule has 19 heavy (non-hydrogen) atoms. The third kappa shape index (κ3) is 2.30. The number of hydrogen-bond acceptors (Lipinski definition) is 2. The van der Waals surface area contributed by atoms with Gasteiger partial charge in [-0.3, -0.25) is 4.79 Å². The number of carbonyl (C=O) groups excluding carboxylic acids is 1. The Bertz CT molecular complexity index is 629. The van der Waals surface area contributed by atoms with Crippen molar-refractivity contribution in [2.75, 3.05) is 0 Å². The van der Waals surface area contributed by atoms with Crippen LogP contribution in [0.15, 0.2) is 34.1 Å². The van der Waals surface area contributed by atoms with Gasteiger partial charge in [0.05, 0.1) is 0 Å². The molecule has 0 N–H and O–H groups in total. The maximum Gasteiger partial charge on any atom is 0.170 e. The monoisotopic (exact) mass is 334 g/mol. The molecule has 0 radical (unpaired) electrons. The van der Waals surface area contributed by atoms with Gasteiger partial charge in [-0.15, -0.1) is 11.3 Å². The van der Waals surface area contributed by atoms with E-state index in [1.165, 1.54) is 10.4 Å². The van der Waals surface area contributed by atoms with Crippen molar-refractivity contribution in [1.29, 1.82) is 0 Å². The minimum absolute atomic E-state index is 0.0583. The number of thiophene rings is 1. The van der Waals surface area contributed by atoms with E-state index in [0.29, 0.717) is 0 Å². The molecule has 3 heteroatoms. The first-order valence-electron chi connectivity index (χ1n) is 6.54. The summed E-state index contributed by atoms with van der Waals surface area (Å²) in [5.41, 5.74) is 3.17. The van der Waals surface area contributed by atoms with E-state index in [9.17, 15) is 4.79 Å². The molecule has 98 valence electrons. The Labute approximate surface area is 125 Å². The summed E-state index contributed by atoms with van der Waals surface area (Å²) >= 11 is 5.30. The predicted molar refractivity (Wildman–Crippen MR) is 83.2 cm³/mol. The van der Waals surface area contributed by atoms with E-state index in [0.717, 1.165) is 34.9 Å². The van der Waals surface area contributed by atoms with Crippen LogP contribution in [0.2, 0.25) is 0 Å². The lowest BCUT2D eigenvalue weighted by molar-refractivity contribution is 0.0950. The number of carbonyl (C=O) groups is 1. The van der Waals surface area contributed by atoms with Crippen LogP contribution in [-0.2, 0) is 6.42 Å². The Morgan fingerprint density at radius 1 is 1.37 bits per heavy atom. The summed E-state index contributed by atoms with van der Waals surface area (Å²) in [5, 5.41) is 2.12. The van der Waals surface area contributed by atoms with E-state index in [-0.39, 0.29) is 11.7 Å². The molecule has 0 fully saturated rings. The van der Waals surface area contributed by atoms with E-state index in [1.807, 2.05) is 25.1 Å². The molecule has 1 aromatic carbocycles. The normalized spacial score (nSPS) is 18.1. The lowest BCUT2D eigenvalue weighted by atomic mass is 9.82. The molecular weight excluding hydrogens is 320 g/mol.